The Kier molecular flexibility index (Phi) is 50.3. The molecule has 651 valence electrons. The van der Waals surface area contributed by atoms with Crippen molar-refractivity contribution in [3.63, 3.8) is 0 Å². The van der Waals surface area contributed by atoms with E-state index in [-0.39, 0.29) is 41.3 Å². The van der Waals surface area contributed by atoms with Crippen molar-refractivity contribution in [3.8, 4) is 17.2 Å². The molecule has 0 aliphatic rings. The minimum atomic E-state index is -8.63. The van der Waals surface area contributed by atoms with Crippen molar-refractivity contribution in [3.05, 3.63) is 86.5 Å². The van der Waals surface area contributed by atoms with Gasteiger partial charge in [0.05, 0.1) is 78.4 Å². The Bertz CT molecular complexity index is 3150. The Hall–Kier alpha value is -7.05. The standard InChI is InChI=1S/C41H25F32N3O3.2CF4.2CHF3.6CH3F.Fe/c1-15-4-17(26(79)23(5-15)31(49,50)51)12-76-27(3,13-74-10-18-7-20(6-16(2)24(18)77)28(42,43)32(52,53)34(56,57)36(60,61)38(64,65)40(68,69)70)14-75-11-19-8-21(30(46,47)48)9-22(25(19)78)29(44,45)33(54,55)35(58,59)37(62,63)39(66,67)41(71,72)73;2*2-1(3,4)5;2*2-1(3)4;6*1-2;/h4-12,77-79H,13-14H2,1-3H3;;;2*1H;6*1H3;/q;;;;;;;;;;;+3/t27-;;;;;;;;;;;/m1.........../s1. The molecule has 0 bridgehead atoms. The zero-order chi connectivity index (χ0) is 90.5. The Morgan fingerprint density at radius 1 is 0.318 bits per heavy atom. The fraction of sp³-hybridized carbons (Fsp3) is 0.588. The van der Waals surface area contributed by atoms with E-state index in [1.165, 1.54) is 0 Å². The van der Waals surface area contributed by atoms with Crippen molar-refractivity contribution in [1.82, 2.24) is 0 Å². The number of hydrogen-bond acceptors (Lipinski definition) is 6. The molecule has 3 aromatic carbocycles. The fourth-order valence-corrected chi connectivity index (χ4v) is 6.29. The second kappa shape index (κ2) is 45.6. The second-order valence-corrected chi connectivity index (χ2v) is 18.2. The van der Waals surface area contributed by atoms with Crippen LogP contribution in [-0.2, 0) is 41.3 Å². The third-order valence-electron chi connectivity index (χ3n) is 10.8. The minimum absolute atomic E-state index is 0. The molecule has 0 aliphatic carbocycles. The summed E-state index contributed by atoms with van der Waals surface area (Å²) in [6.07, 6.45) is -38.5. The summed E-state index contributed by atoms with van der Waals surface area (Å²) < 4.78 is 637. The number of alkyl halides is 52. The molecule has 0 aromatic heterocycles. The number of hydrogen-bond donors (Lipinski definition) is 3. The van der Waals surface area contributed by atoms with Crippen LogP contribution in [0.2, 0.25) is 0 Å². The molecule has 0 spiro atoms. The Morgan fingerprint density at radius 3 is 0.855 bits per heavy atom. The molecule has 0 heterocycles. The van der Waals surface area contributed by atoms with Crippen LogP contribution < -0.4 is 0 Å². The van der Waals surface area contributed by atoms with E-state index in [1.54, 1.807) is 0 Å². The predicted octanol–water partition coefficient (Wildman–Crippen LogP) is 24.1. The zero-order valence-corrected chi connectivity index (χ0v) is 55.1. The van der Waals surface area contributed by atoms with Crippen molar-refractivity contribution in [1.29, 1.82) is 0 Å². The maximum Gasteiger partial charge on any atom is 3.00 e. The molecular weight excluding hydrogens is 1750 g/mol. The maximum absolute atomic E-state index is 15.2. The van der Waals surface area contributed by atoms with Gasteiger partial charge in [0.2, 0.25) is 0 Å². The Balaban J connectivity index is -0.000000404. The summed E-state index contributed by atoms with van der Waals surface area (Å²) in [6.45, 7) is -8.32. The van der Waals surface area contributed by atoms with Crippen LogP contribution in [-0.4, -0.2) is 182 Å². The summed E-state index contributed by atoms with van der Waals surface area (Å²) in [4.78, 5) is 10.3. The maximum atomic E-state index is 15.2. The van der Waals surface area contributed by atoms with Crippen LogP contribution in [0.15, 0.2) is 51.4 Å². The van der Waals surface area contributed by atoms with Gasteiger partial charge in [0.1, 0.15) is 17.2 Å². The molecule has 3 N–H and O–H groups in total. The van der Waals surface area contributed by atoms with Gasteiger partial charge in [-0.1, -0.05) is 0 Å². The van der Waals surface area contributed by atoms with Crippen molar-refractivity contribution in [2.45, 2.75) is 136 Å². The Labute approximate surface area is 590 Å². The van der Waals surface area contributed by atoms with Crippen LogP contribution in [0, 0.1) is 13.8 Å². The van der Waals surface area contributed by atoms with Gasteiger partial charge < -0.3 is 15.3 Å². The van der Waals surface area contributed by atoms with E-state index in [0.29, 0.717) is 69.0 Å². The third kappa shape index (κ3) is 32.9. The predicted molar refractivity (Wildman–Crippen MR) is 275 cm³/mol. The van der Waals surface area contributed by atoms with Crippen molar-refractivity contribution >= 4 is 18.6 Å². The number of phenolic OH excluding ortho intramolecular Hbond substituents is 3. The van der Waals surface area contributed by atoms with E-state index in [4.69, 9.17) is 0 Å². The van der Waals surface area contributed by atoms with E-state index in [9.17, 15) is 226 Å². The molecule has 6 nitrogen and oxygen atoms in total. The SMILES string of the molecule is CF.CF.CF.CF.CF.CF.Cc1cc(C=N[C@](C)(CN=Cc2cc(C(F)(F)C(F)(F)C(F)(F)C(F)(F)C(F)(F)C(F)(F)F)cc(C)c2O)CN=Cc2cc(C(F)(F)F)cc(C(F)(F)C(F)(F)C(F)(F)C(F)(F)C(F)(F)C(F)(F)F)c2O)c(O)c(C(F)(F)F)c1.FC(F)(F)F.FC(F)(F)F.FC(F)F.FC(F)F.[Fe+3]. The van der Waals surface area contributed by atoms with Crippen LogP contribution in [0.4, 0.5) is 228 Å². The number of phenols is 3. The van der Waals surface area contributed by atoms with Crippen molar-refractivity contribution in [2.75, 3.05) is 56.2 Å². The number of aromatic hydroxyl groups is 3. The van der Waals surface area contributed by atoms with E-state index >= 15 is 17.6 Å². The summed E-state index contributed by atoms with van der Waals surface area (Å²) in [7, 11) is 3.00. The number of aryl methyl sites for hydroxylation is 2. The third-order valence-corrected chi connectivity index (χ3v) is 10.8. The summed E-state index contributed by atoms with van der Waals surface area (Å²) in [5.41, 5.74) is -19.6. The first-order valence-electron chi connectivity index (χ1n) is 25.0. The van der Waals surface area contributed by atoms with E-state index in [0.717, 1.165) is 6.92 Å². The average Bonchev–Trinajstić information content (AvgIpc) is 0.709. The Morgan fingerprint density at radius 2 is 0.573 bits per heavy atom. The molecule has 110 heavy (non-hydrogen) atoms. The smallest absolute Gasteiger partial charge is 0.507 e. The van der Waals surface area contributed by atoms with Gasteiger partial charge in [-0.15, -0.1) is 35.1 Å². The van der Waals surface area contributed by atoms with E-state index in [1.807, 2.05) is 0 Å². The van der Waals surface area contributed by atoms with Gasteiger partial charge in [-0.25, -0.2) is 0 Å². The van der Waals surface area contributed by atoms with Crippen LogP contribution in [0.5, 0.6) is 17.2 Å². The van der Waals surface area contributed by atoms with Gasteiger partial charge >= 0.3 is 127 Å². The molecule has 0 amide bonds. The van der Waals surface area contributed by atoms with Gasteiger partial charge in [-0.2, -0.15) is 167 Å². The summed E-state index contributed by atoms with van der Waals surface area (Å²) in [5.74, 6) is -87.2. The van der Waals surface area contributed by atoms with Gasteiger partial charge in [0.15, 0.2) is 0 Å². The molecule has 0 saturated heterocycles. The number of nitrogens with zero attached hydrogens (tertiary/aromatic N) is 3. The number of aliphatic imine (C=N–C) groups is 3. The quantitative estimate of drug-likeness (QED) is 0.0672. The van der Waals surface area contributed by atoms with Crippen LogP contribution in [0.25, 0.3) is 0 Å². The molecule has 0 fully saturated rings. The molecule has 3 rings (SSSR count). The average molecular weight is 1790 g/mol. The number of rotatable bonds is 18. The van der Waals surface area contributed by atoms with Crippen LogP contribution in [0.1, 0.15) is 57.0 Å². The molecule has 1 atom stereocenters. The number of halogens is 52. The molecule has 3 aromatic rings. The fourth-order valence-electron chi connectivity index (χ4n) is 6.29. The largest absolute Gasteiger partial charge is 3.00 e. The van der Waals surface area contributed by atoms with E-state index in [2.05, 4.69) is 15.0 Å². The molecule has 0 unspecified atom stereocenters. The molecule has 59 heteroatoms. The second-order valence-electron chi connectivity index (χ2n) is 18.2. The first kappa shape index (κ1) is 121. The van der Waals surface area contributed by atoms with E-state index < -0.39 is 215 Å². The molecule has 1 radical (unpaired) electrons. The molecule has 0 saturated carbocycles. The van der Waals surface area contributed by atoms with Crippen molar-refractivity contribution < 1.29 is 261 Å². The number of benzene rings is 3. The zero-order valence-electron chi connectivity index (χ0n) is 54.0. The van der Waals surface area contributed by atoms with Gasteiger partial charge in [0, 0.05) is 40.9 Å². The van der Waals surface area contributed by atoms with Gasteiger partial charge in [-0.3, -0.25) is 41.3 Å². The monoisotopic (exact) mass is 1790 g/mol. The van der Waals surface area contributed by atoms with Crippen LogP contribution in [0.3, 0.4) is 0 Å². The normalized spacial score (nSPS) is 13.6. The summed E-state index contributed by atoms with van der Waals surface area (Å²) in [6, 6.07) is -2.02. The van der Waals surface area contributed by atoms with Gasteiger partial charge in [-0.05, 0) is 68.3 Å². The summed E-state index contributed by atoms with van der Waals surface area (Å²) >= 11 is 0. The molecular formula is C51H45F52FeN3O3+3. The first-order chi connectivity index (χ1) is 48.2. The van der Waals surface area contributed by atoms with Crippen molar-refractivity contribution in [2.24, 2.45) is 15.0 Å². The topological polar surface area (TPSA) is 97.8 Å². The van der Waals surface area contributed by atoms with Crippen LogP contribution >= 0.6 is 0 Å². The first-order valence-corrected chi connectivity index (χ1v) is 25.0. The molecule has 0 aliphatic heterocycles. The summed E-state index contributed by atoms with van der Waals surface area (Å²) in [5, 5.41) is 31.1. The van der Waals surface area contributed by atoms with Gasteiger partial charge in [0.25, 0.3) is 0 Å². The minimum Gasteiger partial charge on any atom is -0.507 e.